The largest absolute Gasteiger partial charge is 0.480 e. The second kappa shape index (κ2) is 13.5. The fraction of sp³-hybridized carbons (Fsp3) is 1.00. The molecule has 0 aromatic rings. The molecule has 0 rings (SSSR count). The van der Waals surface area contributed by atoms with Gasteiger partial charge in [-0.15, -0.1) is 0 Å². The fourth-order valence-corrected chi connectivity index (χ4v) is 4.53. The van der Waals surface area contributed by atoms with Crippen molar-refractivity contribution in [3.63, 3.8) is 0 Å². The van der Waals surface area contributed by atoms with Gasteiger partial charge in [0.2, 0.25) is 0 Å². The van der Waals surface area contributed by atoms with Crippen molar-refractivity contribution < 1.29 is 97.9 Å². The zero-order chi connectivity index (χ0) is 25.2. The lowest BCUT2D eigenvalue weighted by atomic mass is 11.8. The van der Waals surface area contributed by atoms with Crippen molar-refractivity contribution in [2.75, 3.05) is 21.3 Å². The highest BCUT2D eigenvalue weighted by Gasteiger charge is 2.32. The van der Waals surface area contributed by atoms with Crippen LogP contribution in [-0.2, 0) is 53.9 Å². The Morgan fingerprint density at radius 2 is 0.533 bits per heavy atom. The second-order valence-corrected chi connectivity index (χ2v) is 12.5. The van der Waals surface area contributed by atoms with Crippen LogP contribution in [0, 0.1) is 0 Å². The molecule has 0 aliphatic heterocycles. The molecule has 21 nitrogen and oxygen atoms in total. The summed E-state index contributed by atoms with van der Waals surface area (Å²) in [6, 6.07) is 0. The lowest BCUT2D eigenvalue weighted by Crippen LogP contribution is -1.88. The molecule has 0 heterocycles. The standard InChI is InChI=1S/3CH6O7P2/c3*1-7-10(5,6)8-9(2,3)4/h3*1H3,(H,5,6)(H2,2,3,4). The lowest BCUT2D eigenvalue weighted by molar-refractivity contribution is 0.200. The van der Waals surface area contributed by atoms with Crippen LogP contribution in [-0.4, -0.2) is 65.4 Å². The predicted octanol–water partition coefficient (Wildman–Crippen LogP) is -0.473. The Morgan fingerprint density at radius 1 is 0.400 bits per heavy atom. The van der Waals surface area contributed by atoms with E-state index in [0.717, 1.165) is 21.3 Å². The molecule has 9 N–H and O–H groups in total. The Kier molecular flexibility index (Phi) is 15.9. The van der Waals surface area contributed by atoms with Gasteiger partial charge in [-0.05, 0) is 0 Å². The Hall–Kier alpha value is 0.780. The molecule has 0 aliphatic carbocycles. The number of phosphoric ester groups is 3. The molecule has 27 heteroatoms. The van der Waals surface area contributed by atoms with Gasteiger partial charge in [-0.1, -0.05) is 0 Å². The quantitative estimate of drug-likeness (QED) is 0.157. The number of hydrogen-bond donors (Lipinski definition) is 9. The van der Waals surface area contributed by atoms with Crippen molar-refractivity contribution in [1.82, 2.24) is 0 Å². The number of hydrogen-bond acceptors (Lipinski definition) is 12. The smallest absolute Gasteiger partial charge is 0.302 e. The summed E-state index contributed by atoms with van der Waals surface area (Å²) in [4.78, 5) is 72.6. The minimum atomic E-state index is -4.94. The van der Waals surface area contributed by atoms with Crippen molar-refractivity contribution in [3.8, 4) is 0 Å². The normalized spacial score (nSPS) is 18.4. The summed E-state index contributed by atoms with van der Waals surface area (Å²) in [5, 5.41) is 0. The highest BCUT2D eigenvalue weighted by atomic mass is 31.3. The summed E-state index contributed by atoms with van der Waals surface area (Å²) in [5.74, 6) is 0. The summed E-state index contributed by atoms with van der Waals surface area (Å²) in [5.41, 5.74) is 0. The van der Waals surface area contributed by atoms with Gasteiger partial charge in [-0.2, -0.15) is 12.9 Å². The van der Waals surface area contributed by atoms with Crippen LogP contribution in [0.4, 0.5) is 0 Å². The van der Waals surface area contributed by atoms with Crippen LogP contribution in [0.2, 0.25) is 0 Å². The van der Waals surface area contributed by atoms with Crippen molar-refractivity contribution in [2.45, 2.75) is 0 Å². The van der Waals surface area contributed by atoms with E-state index in [1.165, 1.54) is 0 Å². The zero-order valence-electron chi connectivity index (χ0n) is 14.6. The first kappa shape index (κ1) is 35.4. The van der Waals surface area contributed by atoms with E-state index in [0.29, 0.717) is 0 Å². The molecule has 186 valence electrons. The molecule has 3 unspecified atom stereocenters. The topological polar surface area (TPSA) is 340 Å². The molecular weight excluding hydrogens is 558 g/mol. The Balaban J connectivity index is -0.000000364. The van der Waals surface area contributed by atoms with Crippen LogP contribution in [0.1, 0.15) is 0 Å². The lowest BCUT2D eigenvalue weighted by Gasteiger charge is -2.08. The van der Waals surface area contributed by atoms with Crippen LogP contribution in [0.25, 0.3) is 0 Å². The number of phosphoric acid groups is 6. The third kappa shape index (κ3) is 28.8. The van der Waals surface area contributed by atoms with Gasteiger partial charge in [0.15, 0.2) is 0 Å². The maximum atomic E-state index is 10.2. The van der Waals surface area contributed by atoms with Crippen LogP contribution in [0.5, 0.6) is 0 Å². The summed E-state index contributed by atoms with van der Waals surface area (Å²) >= 11 is 0. The van der Waals surface area contributed by atoms with Crippen LogP contribution in [0.3, 0.4) is 0 Å². The van der Waals surface area contributed by atoms with Crippen LogP contribution in [0.15, 0.2) is 0 Å². The molecule has 0 spiro atoms. The van der Waals surface area contributed by atoms with Gasteiger partial charge in [0.1, 0.15) is 0 Å². The van der Waals surface area contributed by atoms with Crippen molar-refractivity contribution in [2.24, 2.45) is 0 Å². The fourth-order valence-electron chi connectivity index (χ4n) is 0.503. The van der Waals surface area contributed by atoms with E-state index in [1.54, 1.807) is 0 Å². The average molecular weight is 576 g/mol. The molecule has 0 saturated carbocycles. The van der Waals surface area contributed by atoms with Gasteiger partial charge in [0.05, 0.1) is 0 Å². The first-order chi connectivity index (χ1) is 12.8. The highest BCUT2D eigenvalue weighted by Crippen LogP contribution is 2.58. The average Bonchev–Trinajstić information content (AvgIpc) is 2.41. The van der Waals surface area contributed by atoms with Gasteiger partial charge >= 0.3 is 46.9 Å². The highest BCUT2D eigenvalue weighted by molar-refractivity contribution is 7.61. The van der Waals surface area contributed by atoms with Gasteiger partial charge in [-0.25, -0.2) is 27.4 Å². The van der Waals surface area contributed by atoms with E-state index >= 15 is 0 Å². The molecule has 0 fully saturated rings. The maximum absolute atomic E-state index is 10.2. The molecule has 30 heavy (non-hydrogen) atoms. The molecule has 0 aliphatic rings. The van der Waals surface area contributed by atoms with Gasteiger partial charge < -0.3 is 44.0 Å². The molecule has 0 aromatic heterocycles. The van der Waals surface area contributed by atoms with E-state index in [4.69, 9.17) is 44.0 Å². The summed E-state index contributed by atoms with van der Waals surface area (Å²) in [6.07, 6.45) is 0. The van der Waals surface area contributed by atoms with Crippen molar-refractivity contribution in [3.05, 3.63) is 0 Å². The van der Waals surface area contributed by atoms with E-state index in [-0.39, 0.29) is 0 Å². The molecule has 0 saturated heterocycles. The van der Waals surface area contributed by atoms with E-state index in [1.807, 2.05) is 0 Å². The molecule has 0 aromatic carbocycles. The van der Waals surface area contributed by atoms with Gasteiger partial charge in [0, 0.05) is 21.3 Å². The predicted molar refractivity (Wildman–Crippen MR) is 89.9 cm³/mol. The van der Waals surface area contributed by atoms with E-state index < -0.39 is 46.9 Å². The monoisotopic (exact) mass is 576 g/mol. The van der Waals surface area contributed by atoms with Crippen LogP contribution < -0.4 is 0 Å². The van der Waals surface area contributed by atoms with Crippen molar-refractivity contribution in [1.29, 1.82) is 0 Å². The van der Waals surface area contributed by atoms with Crippen molar-refractivity contribution >= 4 is 46.9 Å². The van der Waals surface area contributed by atoms with E-state index in [2.05, 4.69) is 26.5 Å². The minimum Gasteiger partial charge on any atom is -0.302 e. The zero-order valence-corrected chi connectivity index (χ0v) is 20.0. The molecule has 0 radical (unpaired) electrons. The third-order valence-electron chi connectivity index (χ3n) is 1.32. The first-order valence-electron chi connectivity index (χ1n) is 5.76. The maximum Gasteiger partial charge on any atom is 0.480 e. The van der Waals surface area contributed by atoms with Gasteiger partial charge in [0.25, 0.3) is 0 Å². The van der Waals surface area contributed by atoms with Crippen LogP contribution >= 0.6 is 46.9 Å². The minimum absolute atomic E-state index is 0.788. The Morgan fingerprint density at radius 3 is 0.567 bits per heavy atom. The molecule has 3 atom stereocenters. The first-order valence-corrected chi connectivity index (χ1v) is 14.8. The molecule has 0 amide bonds. The van der Waals surface area contributed by atoms with Gasteiger partial charge in [-0.3, -0.25) is 13.6 Å². The Labute approximate surface area is 167 Å². The SMILES string of the molecule is COP(=O)(O)OP(=O)(O)O.COP(=O)(O)OP(=O)(O)O.COP(=O)(O)OP(=O)(O)O. The summed E-state index contributed by atoms with van der Waals surface area (Å²) < 4.78 is 81.4. The second-order valence-electron chi connectivity index (χ2n) is 3.67. The van der Waals surface area contributed by atoms with E-state index in [9.17, 15) is 27.4 Å². The summed E-state index contributed by atoms with van der Waals surface area (Å²) in [7, 11) is -26.1. The summed E-state index contributed by atoms with van der Waals surface area (Å²) in [6.45, 7) is 0. The molecule has 0 bridgehead atoms. The number of rotatable bonds is 9. The third-order valence-corrected chi connectivity index (χ3v) is 7.73. The Bertz CT molecular complexity index is 674. The molecular formula is C3H18O21P6.